The zero-order valence-corrected chi connectivity index (χ0v) is 7.95. The molecule has 0 bridgehead atoms. The Labute approximate surface area is 79.5 Å². The summed E-state index contributed by atoms with van der Waals surface area (Å²) in [5.41, 5.74) is 5.03. The molecule has 0 amide bonds. The highest BCUT2D eigenvalue weighted by atomic mass is 31.2. The number of nitrogens with two attached hydrogens (primary N) is 1. The Bertz CT molecular complexity index is 228. The number of phosphoric ester groups is 1. The van der Waals surface area contributed by atoms with Crippen molar-refractivity contribution in [3.63, 3.8) is 0 Å². The molecule has 0 fully saturated rings. The largest absolute Gasteiger partial charge is 0.469 e. The van der Waals surface area contributed by atoms with E-state index in [1.165, 1.54) is 0 Å². The van der Waals surface area contributed by atoms with Gasteiger partial charge in [0.1, 0.15) is 18.5 Å². The van der Waals surface area contributed by atoms with E-state index in [4.69, 9.17) is 25.7 Å². The van der Waals surface area contributed by atoms with Crippen LogP contribution in [0.3, 0.4) is 0 Å². The summed E-state index contributed by atoms with van der Waals surface area (Å²) in [6, 6.07) is -1.33. The fraction of sp³-hybridized carbons (Fsp3) is 0.800. The highest BCUT2D eigenvalue weighted by Gasteiger charge is 2.26. The van der Waals surface area contributed by atoms with Crippen molar-refractivity contribution < 1.29 is 33.9 Å². The Morgan fingerprint density at radius 3 is 2.29 bits per heavy atom. The molecular weight excluding hydrogens is 217 g/mol. The Morgan fingerprint density at radius 1 is 1.43 bits per heavy atom. The lowest BCUT2D eigenvalue weighted by Gasteiger charge is -2.19. The third-order valence-corrected chi connectivity index (χ3v) is 1.84. The van der Waals surface area contributed by atoms with Gasteiger partial charge in [0.25, 0.3) is 0 Å². The topological polar surface area (TPSA) is 150 Å². The normalized spacial score (nSPS) is 18.6. The summed E-state index contributed by atoms with van der Waals surface area (Å²) in [4.78, 5) is 26.5. The standard InChI is InChI=1S/C5H12NO7P/c6-3(1-7)5(9)4(8)2-13-14(10,11)12/h1,3-5,8-9H,2,6H2,(H2,10,11,12)/t3-,4-,5-/m1/s1. The molecule has 0 radical (unpaired) electrons. The molecule has 8 nitrogen and oxygen atoms in total. The van der Waals surface area contributed by atoms with Gasteiger partial charge in [0.15, 0.2) is 0 Å². The van der Waals surface area contributed by atoms with Gasteiger partial charge in [-0.1, -0.05) is 0 Å². The van der Waals surface area contributed by atoms with Crippen LogP contribution in [0.4, 0.5) is 0 Å². The minimum atomic E-state index is -4.70. The van der Waals surface area contributed by atoms with E-state index in [0.29, 0.717) is 0 Å². The fourth-order valence-electron chi connectivity index (χ4n) is 0.609. The Kier molecular flexibility index (Phi) is 5.38. The smallest absolute Gasteiger partial charge is 0.388 e. The average molecular weight is 229 g/mol. The second-order valence-corrected chi connectivity index (χ2v) is 3.80. The summed E-state index contributed by atoms with van der Waals surface area (Å²) in [7, 11) is -4.70. The summed E-state index contributed by atoms with van der Waals surface area (Å²) in [5, 5.41) is 18.1. The van der Waals surface area contributed by atoms with Crippen LogP contribution in [-0.4, -0.2) is 51.1 Å². The van der Waals surface area contributed by atoms with Crippen LogP contribution in [0.25, 0.3) is 0 Å². The molecule has 0 saturated heterocycles. The first-order chi connectivity index (χ1) is 6.28. The van der Waals surface area contributed by atoms with Crippen molar-refractivity contribution >= 4 is 14.1 Å². The van der Waals surface area contributed by atoms with Gasteiger partial charge in [-0.2, -0.15) is 0 Å². The molecule has 0 aliphatic heterocycles. The van der Waals surface area contributed by atoms with E-state index in [-0.39, 0.29) is 6.29 Å². The molecule has 0 aromatic rings. The maximum absolute atomic E-state index is 10.2. The van der Waals surface area contributed by atoms with Gasteiger partial charge in [0, 0.05) is 0 Å². The summed E-state index contributed by atoms with van der Waals surface area (Å²) in [5.74, 6) is 0. The summed E-state index contributed by atoms with van der Waals surface area (Å²) >= 11 is 0. The van der Waals surface area contributed by atoms with Crippen molar-refractivity contribution in [3.05, 3.63) is 0 Å². The molecule has 0 aliphatic carbocycles. The Balaban J connectivity index is 4.02. The van der Waals surface area contributed by atoms with Crippen LogP contribution in [0.5, 0.6) is 0 Å². The first-order valence-electron chi connectivity index (χ1n) is 3.55. The fourth-order valence-corrected chi connectivity index (χ4v) is 0.956. The summed E-state index contributed by atoms with van der Waals surface area (Å²) < 4.78 is 14.1. The molecule has 0 heterocycles. The minimum Gasteiger partial charge on any atom is -0.388 e. The van der Waals surface area contributed by atoms with Gasteiger partial charge in [0.05, 0.1) is 12.6 Å². The molecule has 84 valence electrons. The summed E-state index contributed by atoms with van der Waals surface area (Å²) in [6.07, 6.45) is -3.06. The third-order valence-electron chi connectivity index (χ3n) is 1.36. The SMILES string of the molecule is N[C@H](C=O)[C@@H](O)[C@H](O)COP(=O)(O)O. The number of rotatable bonds is 6. The lowest BCUT2D eigenvalue weighted by Crippen LogP contribution is -2.45. The molecule has 0 unspecified atom stereocenters. The van der Waals surface area contributed by atoms with Gasteiger partial charge >= 0.3 is 7.82 Å². The number of hydrogen-bond acceptors (Lipinski definition) is 6. The van der Waals surface area contributed by atoms with Crippen molar-refractivity contribution in [3.8, 4) is 0 Å². The van der Waals surface area contributed by atoms with E-state index >= 15 is 0 Å². The van der Waals surface area contributed by atoms with E-state index in [2.05, 4.69) is 4.52 Å². The third kappa shape index (κ3) is 5.40. The van der Waals surface area contributed by atoms with Crippen LogP contribution < -0.4 is 5.73 Å². The maximum atomic E-state index is 10.2. The van der Waals surface area contributed by atoms with E-state index in [1.807, 2.05) is 0 Å². The van der Waals surface area contributed by atoms with E-state index in [1.54, 1.807) is 0 Å². The van der Waals surface area contributed by atoms with Crippen LogP contribution in [-0.2, 0) is 13.9 Å². The molecule has 0 saturated carbocycles. The molecule has 0 aromatic carbocycles. The van der Waals surface area contributed by atoms with Crippen molar-refractivity contribution in [2.24, 2.45) is 5.73 Å². The quantitative estimate of drug-likeness (QED) is 0.244. The van der Waals surface area contributed by atoms with Gasteiger partial charge in [-0.15, -0.1) is 0 Å². The number of phosphoric acid groups is 1. The van der Waals surface area contributed by atoms with Gasteiger partial charge < -0.3 is 30.5 Å². The van der Waals surface area contributed by atoms with E-state index in [0.717, 1.165) is 0 Å². The number of aliphatic hydroxyl groups is 2. The second kappa shape index (κ2) is 5.52. The predicted molar refractivity (Wildman–Crippen MR) is 44.0 cm³/mol. The minimum absolute atomic E-state index is 0.200. The number of carbonyl (C=O) groups excluding carboxylic acids is 1. The van der Waals surface area contributed by atoms with Crippen LogP contribution in [0, 0.1) is 0 Å². The van der Waals surface area contributed by atoms with Gasteiger partial charge in [0.2, 0.25) is 0 Å². The number of hydrogen-bond donors (Lipinski definition) is 5. The first-order valence-corrected chi connectivity index (χ1v) is 5.08. The molecule has 0 rings (SSSR count). The zero-order chi connectivity index (χ0) is 11.4. The lowest BCUT2D eigenvalue weighted by molar-refractivity contribution is -0.113. The van der Waals surface area contributed by atoms with E-state index < -0.39 is 32.7 Å². The molecular formula is C5H12NO7P. The molecule has 0 aromatic heterocycles. The number of aliphatic hydroxyl groups excluding tert-OH is 2. The highest BCUT2D eigenvalue weighted by molar-refractivity contribution is 7.46. The summed E-state index contributed by atoms with van der Waals surface area (Å²) in [6.45, 7) is -0.813. The van der Waals surface area contributed by atoms with Crippen molar-refractivity contribution in [2.75, 3.05) is 6.61 Å². The van der Waals surface area contributed by atoms with Crippen LogP contribution in [0.15, 0.2) is 0 Å². The molecule has 3 atom stereocenters. The van der Waals surface area contributed by atoms with Crippen LogP contribution in [0.1, 0.15) is 0 Å². The number of aldehydes is 1. The first kappa shape index (κ1) is 13.7. The van der Waals surface area contributed by atoms with Gasteiger partial charge in [-0.3, -0.25) is 4.52 Å². The highest BCUT2D eigenvalue weighted by Crippen LogP contribution is 2.35. The lowest BCUT2D eigenvalue weighted by atomic mass is 10.1. The Morgan fingerprint density at radius 2 is 1.93 bits per heavy atom. The molecule has 14 heavy (non-hydrogen) atoms. The molecule has 0 aliphatic rings. The van der Waals surface area contributed by atoms with E-state index in [9.17, 15) is 9.36 Å². The van der Waals surface area contributed by atoms with Crippen molar-refractivity contribution in [1.82, 2.24) is 0 Å². The molecule has 6 N–H and O–H groups in total. The average Bonchev–Trinajstić information content (AvgIpc) is 2.10. The van der Waals surface area contributed by atoms with Crippen molar-refractivity contribution in [2.45, 2.75) is 18.2 Å². The van der Waals surface area contributed by atoms with Crippen LogP contribution >= 0.6 is 7.82 Å². The Hall–Kier alpha value is -0.340. The number of carbonyl (C=O) groups is 1. The van der Waals surface area contributed by atoms with Crippen molar-refractivity contribution in [1.29, 1.82) is 0 Å². The zero-order valence-electron chi connectivity index (χ0n) is 7.05. The van der Waals surface area contributed by atoms with Gasteiger partial charge in [-0.05, 0) is 0 Å². The second-order valence-electron chi connectivity index (χ2n) is 2.56. The molecule has 0 spiro atoms. The monoisotopic (exact) mass is 229 g/mol. The van der Waals surface area contributed by atoms with Crippen LogP contribution in [0.2, 0.25) is 0 Å². The molecule has 9 heteroatoms. The van der Waals surface area contributed by atoms with Gasteiger partial charge in [-0.25, -0.2) is 4.57 Å². The predicted octanol–water partition coefficient (Wildman–Crippen LogP) is -2.66. The maximum Gasteiger partial charge on any atom is 0.469 e.